The first kappa shape index (κ1) is 23.9. The van der Waals surface area contributed by atoms with Crippen LogP contribution in [0.3, 0.4) is 0 Å². The number of benzene rings is 1. The van der Waals surface area contributed by atoms with Crippen LogP contribution >= 0.6 is 0 Å². The third kappa shape index (κ3) is 12.3. The van der Waals surface area contributed by atoms with E-state index in [0.29, 0.717) is 26.0 Å². The molecule has 1 amide bonds. The van der Waals surface area contributed by atoms with Crippen LogP contribution in [-0.4, -0.2) is 28.6 Å². The first-order chi connectivity index (χ1) is 13.6. The van der Waals surface area contributed by atoms with Crippen molar-refractivity contribution in [2.75, 3.05) is 6.54 Å². The van der Waals surface area contributed by atoms with Crippen molar-refractivity contribution in [2.24, 2.45) is 0 Å². The van der Waals surface area contributed by atoms with Gasteiger partial charge in [0.15, 0.2) is 0 Å². The summed E-state index contributed by atoms with van der Waals surface area (Å²) in [7, 11) is 0. The van der Waals surface area contributed by atoms with Crippen LogP contribution in [0.2, 0.25) is 0 Å². The Morgan fingerprint density at radius 3 is 2.43 bits per heavy atom. The highest BCUT2D eigenvalue weighted by molar-refractivity contribution is 5.86. The number of hydrogen-bond donors (Lipinski definition) is 1. The van der Waals surface area contributed by atoms with Gasteiger partial charge < -0.3 is 5.11 Å². The highest BCUT2D eigenvalue weighted by Gasteiger charge is 2.12. The van der Waals surface area contributed by atoms with E-state index in [1.165, 1.54) is 37.2 Å². The van der Waals surface area contributed by atoms with Crippen LogP contribution in [0.15, 0.2) is 42.5 Å². The second-order valence-electron chi connectivity index (χ2n) is 7.01. The van der Waals surface area contributed by atoms with E-state index >= 15 is 0 Å². The summed E-state index contributed by atoms with van der Waals surface area (Å²) >= 11 is 0. The zero-order valence-electron chi connectivity index (χ0n) is 17.1. The van der Waals surface area contributed by atoms with Crippen LogP contribution in [0.5, 0.6) is 0 Å². The molecule has 0 aliphatic carbocycles. The molecule has 0 radical (unpaired) electrons. The second-order valence-corrected chi connectivity index (χ2v) is 7.01. The fourth-order valence-electron chi connectivity index (χ4n) is 2.81. The van der Waals surface area contributed by atoms with E-state index in [1.807, 2.05) is 36.4 Å². The number of hydroxylamine groups is 2. The monoisotopic (exact) mass is 389 g/mol. The van der Waals surface area contributed by atoms with Crippen molar-refractivity contribution in [3.05, 3.63) is 48.0 Å². The minimum Gasteiger partial charge on any atom is -0.481 e. The smallest absolute Gasteiger partial charge is 0.303 e. The van der Waals surface area contributed by atoms with Crippen LogP contribution in [-0.2, 0) is 21.0 Å². The highest BCUT2D eigenvalue weighted by Crippen LogP contribution is 2.09. The van der Waals surface area contributed by atoms with Crippen molar-refractivity contribution in [1.82, 2.24) is 5.06 Å². The number of carboxylic acids is 1. The molecule has 1 N–H and O–H groups in total. The first-order valence-corrected chi connectivity index (χ1v) is 10.5. The number of unbranched alkanes of at least 4 members (excludes halogenated alkanes) is 7. The third-order valence-corrected chi connectivity index (χ3v) is 4.46. The van der Waals surface area contributed by atoms with Gasteiger partial charge in [-0.15, -0.1) is 0 Å². The standard InChI is InChI=1S/C23H35NO4/c1-2-3-4-5-6-7-8-12-17-22(25)24(19-14-13-18-23(26)27)28-20-21-15-10-9-11-16-21/h9-12,15-17H,2-8,13-14,18-20H2,1H3,(H,26,27)/b17-12+. The first-order valence-electron chi connectivity index (χ1n) is 10.5. The summed E-state index contributed by atoms with van der Waals surface area (Å²) in [5, 5.41) is 10.1. The van der Waals surface area contributed by atoms with E-state index in [-0.39, 0.29) is 12.3 Å². The largest absolute Gasteiger partial charge is 0.481 e. The van der Waals surface area contributed by atoms with Gasteiger partial charge >= 0.3 is 5.97 Å². The van der Waals surface area contributed by atoms with Gasteiger partial charge in [-0.25, -0.2) is 5.06 Å². The molecule has 0 heterocycles. The number of hydrogen-bond acceptors (Lipinski definition) is 3. The van der Waals surface area contributed by atoms with Gasteiger partial charge in [-0.05, 0) is 31.2 Å². The Kier molecular flexibility index (Phi) is 13.5. The number of carboxylic acid groups (broad SMARTS) is 1. The Morgan fingerprint density at radius 1 is 1.00 bits per heavy atom. The molecule has 0 aliphatic heterocycles. The molecule has 0 aliphatic rings. The molecule has 0 saturated carbocycles. The number of amides is 1. The minimum absolute atomic E-state index is 0.106. The Labute approximate surface area is 169 Å². The number of rotatable bonds is 16. The van der Waals surface area contributed by atoms with Crippen molar-refractivity contribution in [3.8, 4) is 0 Å². The second kappa shape index (κ2) is 15.9. The number of aliphatic carboxylic acids is 1. The van der Waals surface area contributed by atoms with Crippen molar-refractivity contribution in [3.63, 3.8) is 0 Å². The molecule has 0 unspecified atom stereocenters. The van der Waals surface area contributed by atoms with Gasteiger partial charge in [0.1, 0.15) is 6.61 Å². The molecular formula is C23H35NO4. The van der Waals surface area contributed by atoms with Gasteiger partial charge in [-0.1, -0.05) is 75.4 Å². The lowest BCUT2D eigenvalue weighted by atomic mass is 10.1. The summed E-state index contributed by atoms with van der Waals surface area (Å²) in [5.41, 5.74) is 0.988. The SMILES string of the molecule is CCCCCCCC/C=C/C(=O)N(CCCCC(=O)O)OCc1ccccc1. The van der Waals surface area contributed by atoms with E-state index in [9.17, 15) is 9.59 Å². The maximum absolute atomic E-state index is 12.5. The van der Waals surface area contributed by atoms with Gasteiger partial charge in [0, 0.05) is 19.0 Å². The molecule has 0 saturated heterocycles. The molecule has 0 fully saturated rings. The number of nitrogens with zero attached hydrogens (tertiary/aromatic N) is 1. The predicted molar refractivity (Wildman–Crippen MR) is 112 cm³/mol. The molecule has 0 spiro atoms. The molecule has 1 aromatic rings. The van der Waals surface area contributed by atoms with Crippen molar-refractivity contribution < 1.29 is 19.5 Å². The van der Waals surface area contributed by atoms with Crippen LogP contribution in [0.1, 0.15) is 76.7 Å². The fourth-order valence-corrected chi connectivity index (χ4v) is 2.81. The van der Waals surface area contributed by atoms with E-state index in [4.69, 9.17) is 9.94 Å². The normalized spacial score (nSPS) is 11.0. The molecule has 0 aromatic heterocycles. The van der Waals surface area contributed by atoms with E-state index in [2.05, 4.69) is 6.92 Å². The molecule has 5 nitrogen and oxygen atoms in total. The van der Waals surface area contributed by atoms with Gasteiger partial charge in [0.25, 0.3) is 5.91 Å². The topological polar surface area (TPSA) is 66.8 Å². The summed E-state index contributed by atoms with van der Waals surface area (Å²) in [4.78, 5) is 28.8. The molecule has 0 atom stereocenters. The third-order valence-electron chi connectivity index (χ3n) is 4.46. The van der Waals surface area contributed by atoms with Gasteiger partial charge in [-0.3, -0.25) is 14.4 Å². The van der Waals surface area contributed by atoms with Crippen molar-refractivity contribution >= 4 is 11.9 Å². The summed E-state index contributed by atoms with van der Waals surface area (Å²) < 4.78 is 0. The van der Waals surface area contributed by atoms with E-state index in [0.717, 1.165) is 18.4 Å². The molecular weight excluding hydrogens is 354 g/mol. The van der Waals surface area contributed by atoms with Gasteiger partial charge in [0.05, 0.1) is 0 Å². The Morgan fingerprint density at radius 2 is 1.71 bits per heavy atom. The maximum Gasteiger partial charge on any atom is 0.303 e. The number of carbonyl (C=O) groups excluding carboxylic acids is 1. The van der Waals surface area contributed by atoms with Gasteiger partial charge in [-0.2, -0.15) is 0 Å². The Hall–Kier alpha value is -2.14. The quantitative estimate of drug-likeness (QED) is 0.230. The van der Waals surface area contributed by atoms with Crippen molar-refractivity contribution in [2.45, 2.75) is 77.7 Å². The minimum atomic E-state index is -0.818. The fraction of sp³-hybridized carbons (Fsp3) is 0.565. The Bertz CT molecular complexity index is 571. The molecule has 0 bridgehead atoms. The lowest BCUT2D eigenvalue weighted by Gasteiger charge is -2.20. The highest BCUT2D eigenvalue weighted by atomic mass is 16.7. The average Bonchev–Trinajstić information content (AvgIpc) is 2.69. The van der Waals surface area contributed by atoms with Gasteiger partial charge in [0.2, 0.25) is 0 Å². The molecule has 28 heavy (non-hydrogen) atoms. The van der Waals surface area contributed by atoms with Crippen LogP contribution in [0.25, 0.3) is 0 Å². The number of allylic oxidation sites excluding steroid dienone is 1. The van der Waals surface area contributed by atoms with E-state index < -0.39 is 5.97 Å². The zero-order chi connectivity index (χ0) is 20.5. The molecule has 1 rings (SSSR count). The Balaban J connectivity index is 2.40. The molecule has 5 heteroatoms. The summed E-state index contributed by atoms with van der Waals surface area (Å²) in [5.74, 6) is -1.00. The predicted octanol–water partition coefficient (Wildman–Crippen LogP) is 5.51. The molecule has 1 aromatic carbocycles. The molecule has 156 valence electrons. The van der Waals surface area contributed by atoms with Crippen LogP contribution in [0, 0.1) is 0 Å². The van der Waals surface area contributed by atoms with Crippen LogP contribution in [0.4, 0.5) is 0 Å². The lowest BCUT2D eigenvalue weighted by Crippen LogP contribution is -2.30. The van der Waals surface area contributed by atoms with E-state index in [1.54, 1.807) is 6.08 Å². The summed E-state index contributed by atoms with van der Waals surface area (Å²) in [6, 6.07) is 9.68. The average molecular weight is 390 g/mol. The van der Waals surface area contributed by atoms with Crippen molar-refractivity contribution in [1.29, 1.82) is 0 Å². The van der Waals surface area contributed by atoms with Crippen LogP contribution < -0.4 is 0 Å². The lowest BCUT2D eigenvalue weighted by molar-refractivity contribution is -0.186. The zero-order valence-corrected chi connectivity index (χ0v) is 17.1. The maximum atomic E-state index is 12.5. The summed E-state index contributed by atoms with van der Waals surface area (Å²) in [6.45, 7) is 2.92. The number of carbonyl (C=O) groups is 2. The summed E-state index contributed by atoms with van der Waals surface area (Å²) in [6.07, 6.45) is 13.0.